The van der Waals surface area contributed by atoms with Crippen molar-refractivity contribution in [3.05, 3.63) is 27.8 Å². The largest absolute Gasteiger partial charge is 0.475 e. The molecule has 0 spiro atoms. The third-order valence-electron chi connectivity index (χ3n) is 2.68. The third-order valence-corrected chi connectivity index (χ3v) is 3.35. The van der Waals surface area contributed by atoms with Crippen LogP contribution in [0.5, 0.6) is 5.75 Å². The minimum Gasteiger partial charge on any atom is -0.475 e. The van der Waals surface area contributed by atoms with Crippen molar-refractivity contribution in [2.24, 2.45) is 0 Å². The Balaban J connectivity index is 2.00. The van der Waals surface area contributed by atoms with Gasteiger partial charge in [0.1, 0.15) is 12.0 Å². The molecular weight excluding hydrogens is 317 g/mol. The maximum absolute atomic E-state index is 10.5. The van der Waals surface area contributed by atoms with E-state index in [0.717, 1.165) is 35.0 Å². The van der Waals surface area contributed by atoms with Crippen molar-refractivity contribution in [1.82, 2.24) is 4.90 Å². The van der Waals surface area contributed by atoms with Crippen LogP contribution in [0.2, 0.25) is 0 Å². The van der Waals surface area contributed by atoms with Crippen LogP contribution in [-0.4, -0.2) is 30.5 Å². The molecule has 1 aromatic carbocycles. The van der Waals surface area contributed by atoms with E-state index in [4.69, 9.17) is 4.74 Å². The van der Waals surface area contributed by atoms with Gasteiger partial charge >= 0.3 is 0 Å². The van der Waals surface area contributed by atoms with Crippen LogP contribution in [-0.2, 0) is 4.79 Å². The van der Waals surface area contributed by atoms with Gasteiger partial charge in [0.05, 0.1) is 6.54 Å². The van der Waals surface area contributed by atoms with Gasteiger partial charge in [-0.3, -0.25) is 4.90 Å². The number of benzene rings is 1. The van der Waals surface area contributed by atoms with Gasteiger partial charge in [0.2, 0.25) is 0 Å². The summed E-state index contributed by atoms with van der Waals surface area (Å²) >= 11 is 2.26. The van der Waals surface area contributed by atoms with Crippen molar-refractivity contribution in [2.45, 2.75) is 19.1 Å². The fraction of sp³-hybridized carbons (Fsp3) is 0.417. The lowest BCUT2D eigenvalue weighted by atomic mass is 10.3. The lowest BCUT2D eigenvalue weighted by Crippen LogP contribution is -2.35. The summed E-state index contributed by atoms with van der Waals surface area (Å²) in [6.45, 7) is 1.42. The Kier molecular flexibility index (Phi) is 4.17. The predicted octanol–water partition coefficient (Wildman–Crippen LogP) is 2.29. The molecule has 3 nitrogen and oxygen atoms in total. The highest BCUT2D eigenvalue weighted by Crippen LogP contribution is 2.22. The van der Waals surface area contributed by atoms with Crippen molar-refractivity contribution in [2.75, 3.05) is 13.1 Å². The molecule has 1 aliphatic heterocycles. The summed E-state index contributed by atoms with van der Waals surface area (Å²) in [5, 5.41) is 0. The van der Waals surface area contributed by atoms with E-state index in [1.54, 1.807) is 0 Å². The Bertz CT molecular complexity index is 370. The molecule has 0 radical (unpaired) electrons. The molecule has 2 rings (SSSR count). The first-order valence-electron chi connectivity index (χ1n) is 5.39. The molecule has 0 amide bonds. The number of hydrogen-bond donors (Lipinski definition) is 0. The molecule has 1 aromatic rings. The smallest absolute Gasteiger partial charge is 0.153 e. The summed E-state index contributed by atoms with van der Waals surface area (Å²) < 4.78 is 7.05. The van der Waals surface area contributed by atoms with Crippen LogP contribution in [0.4, 0.5) is 0 Å². The molecule has 1 heterocycles. The summed E-state index contributed by atoms with van der Waals surface area (Å²) in [4.78, 5) is 12.6. The number of rotatable bonds is 4. The lowest BCUT2D eigenvalue weighted by Gasteiger charge is -2.23. The third kappa shape index (κ3) is 2.95. The van der Waals surface area contributed by atoms with E-state index in [-0.39, 0.29) is 6.23 Å². The summed E-state index contributed by atoms with van der Waals surface area (Å²) in [5.41, 5.74) is 0. The second-order valence-corrected chi connectivity index (χ2v) is 5.08. The van der Waals surface area contributed by atoms with Crippen molar-refractivity contribution in [3.63, 3.8) is 0 Å². The summed E-state index contributed by atoms with van der Waals surface area (Å²) in [6.07, 6.45) is 3.10. The zero-order valence-corrected chi connectivity index (χ0v) is 11.1. The Morgan fingerprint density at radius 3 is 3.19 bits per heavy atom. The highest BCUT2D eigenvalue weighted by atomic mass is 127. The fourth-order valence-electron chi connectivity index (χ4n) is 1.93. The van der Waals surface area contributed by atoms with E-state index in [1.165, 1.54) is 0 Å². The predicted molar refractivity (Wildman–Crippen MR) is 70.4 cm³/mol. The van der Waals surface area contributed by atoms with E-state index >= 15 is 0 Å². The van der Waals surface area contributed by atoms with Gasteiger partial charge in [0.15, 0.2) is 6.23 Å². The number of aldehydes is 1. The van der Waals surface area contributed by atoms with Crippen LogP contribution in [0, 0.1) is 3.57 Å². The van der Waals surface area contributed by atoms with Gasteiger partial charge in [-0.05, 0) is 53.6 Å². The standard InChI is InChI=1S/C12H14INO2/c13-10-3-1-4-11(9-10)16-12-5-2-6-14(12)7-8-15/h1,3-4,8-9,12H,2,5-7H2. The first kappa shape index (κ1) is 11.9. The Morgan fingerprint density at radius 2 is 2.44 bits per heavy atom. The van der Waals surface area contributed by atoms with Crippen molar-refractivity contribution < 1.29 is 9.53 Å². The summed E-state index contributed by atoms with van der Waals surface area (Å²) in [5.74, 6) is 0.884. The van der Waals surface area contributed by atoms with Gasteiger partial charge in [-0.15, -0.1) is 0 Å². The van der Waals surface area contributed by atoms with Crippen molar-refractivity contribution in [1.29, 1.82) is 0 Å². The highest BCUT2D eigenvalue weighted by Gasteiger charge is 2.25. The van der Waals surface area contributed by atoms with Gasteiger partial charge in [-0.25, -0.2) is 0 Å². The van der Waals surface area contributed by atoms with Crippen molar-refractivity contribution in [3.8, 4) is 5.75 Å². The van der Waals surface area contributed by atoms with Gasteiger partial charge in [-0.1, -0.05) is 6.07 Å². The number of carbonyl (C=O) groups is 1. The molecule has 0 aromatic heterocycles. The molecule has 1 aliphatic rings. The van der Waals surface area contributed by atoms with Gasteiger partial charge in [-0.2, -0.15) is 0 Å². The molecule has 0 bridgehead atoms. The number of carbonyl (C=O) groups excluding carboxylic acids is 1. The first-order chi connectivity index (χ1) is 7.79. The fourth-order valence-corrected chi connectivity index (χ4v) is 2.45. The molecule has 0 aliphatic carbocycles. The molecule has 0 saturated carbocycles. The number of hydrogen-bond acceptors (Lipinski definition) is 3. The molecule has 16 heavy (non-hydrogen) atoms. The second-order valence-electron chi connectivity index (χ2n) is 3.83. The van der Waals surface area contributed by atoms with Gasteiger partial charge in [0, 0.05) is 10.1 Å². The van der Waals surface area contributed by atoms with Crippen LogP contribution in [0.25, 0.3) is 0 Å². The van der Waals surface area contributed by atoms with E-state index in [9.17, 15) is 4.79 Å². The van der Waals surface area contributed by atoms with Gasteiger partial charge < -0.3 is 9.53 Å². The van der Waals surface area contributed by atoms with Crippen molar-refractivity contribution >= 4 is 28.9 Å². The zero-order chi connectivity index (χ0) is 11.4. The van der Waals surface area contributed by atoms with Crippen LogP contribution in [0.15, 0.2) is 24.3 Å². The monoisotopic (exact) mass is 331 g/mol. The zero-order valence-electron chi connectivity index (χ0n) is 8.93. The molecule has 1 atom stereocenters. The molecule has 1 unspecified atom stereocenters. The maximum Gasteiger partial charge on any atom is 0.153 e. The molecule has 0 N–H and O–H groups in total. The first-order valence-corrected chi connectivity index (χ1v) is 6.47. The topological polar surface area (TPSA) is 29.5 Å². The number of ether oxygens (including phenoxy) is 1. The molecule has 1 fully saturated rings. The Morgan fingerprint density at radius 1 is 1.56 bits per heavy atom. The van der Waals surface area contributed by atoms with Crippen LogP contribution >= 0.6 is 22.6 Å². The summed E-state index contributed by atoms with van der Waals surface area (Å²) in [7, 11) is 0. The van der Waals surface area contributed by atoms with E-state index in [2.05, 4.69) is 27.5 Å². The maximum atomic E-state index is 10.5. The molecule has 86 valence electrons. The molecule has 1 saturated heterocycles. The normalized spacial score (nSPS) is 20.9. The quantitative estimate of drug-likeness (QED) is 0.626. The van der Waals surface area contributed by atoms with Crippen LogP contribution in [0.1, 0.15) is 12.8 Å². The Labute approximate surface area is 109 Å². The van der Waals surface area contributed by atoms with E-state index < -0.39 is 0 Å². The molecular formula is C12H14INO2. The van der Waals surface area contributed by atoms with Gasteiger partial charge in [0.25, 0.3) is 0 Å². The highest BCUT2D eigenvalue weighted by molar-refractivity contribution is 14.1. The SMILES string of the molecule is O=CCN1CCCC1Oc1cccc(I)c1. The van der Waals surface area contributed by atoms with E-state index in [0.29, 0.717) is 6.54 Å². The lowest BCUT2D eigenvalue weighted by molar-refractivity contribution is -0.110. The number of nitrogens with zero attached hydrogens (tertiary/aromatic N) is 1. The molecule has 4 heteroatoms. The number of likely N-dealkylation sites (tertiary alicyclic amines) is 1. The Hall–Kier alpha value is -0.620. The minimum absolute atomic E-state index is 0.0587. The number of halogens is 1. The average Bonchev–Trinajstić information content (AvgIpc) is 2.66. The van der Waals surface area contributed by atoms with Crippen LogP contribution < -0.4 is 4.74 Å². The van der Waals surface area contributed by atoms with Crippen LogP contribution in [0.3, 0.4) is 0 Å². The second kappa shape index (κ2) is 5.63. The minimum atomic E-state index is 0.0587. The van der Waals surface area contributed by atoms with E-state index in [1.807, 2.05) is 24.3 Å². The summed E-state index contributed by atoms with van der Waals surface area (Å²) in [6, 6.07) is 7.99. The average molecular weight is 331 g/mol.